The normalized spacial score (nSPS) is 14.7. The van der Waals surface area contributed by atoms with Crippen LogP contribution in [0.1, 0.15) is 21.5 Å². The molecule has 136 valence electrons. The van der Waals surface area contributed by atoms with Gasteiger partial charge in [-0.1, -0.05) is 30.3 Å². The Labute approximate surface area is 159 Å². The Bertz CT molecular complexity index is 771. The zero-order chi connectivity index (χ0) is 18.4. The number of amides is 1. The van der Waals surface area contributed by atoms with E-state index in [0.29, 0.717) is 10.7 Å². The minimum atomic E-state index is -0.204. The third-order valence-electron chi connectivity index (χ3n) is 4.34. The Morgan fingerprint density at radius 2 is 1.81 bits per heavy atom. The van der Waals surface area contributed by atoms with Crippen molar-refractivity contribution < 1.29 is 9.53 Å². The van der Waals surface area contributed by atoms with Crippen LogP contribution < -0.4 is 10.6 Å². The van der Waals surface area contributed by atoms with Gasteiger partial charge >= 0.3 is 0 Å². The molecule has 0 aromatic heterocycles. The molecule has 0 unspecified atom stereocenters. The topological polar surface area (TPSA) is 53.6 Å². The van der Waals surface area contributed by atoms with Gasteiger partial charge in [0.15, 0.2) is 5.11 Å². The molecule has 1 aliphatic heterocycles. The Morgan fingerprint density at radius 1 is 1.12 bits per heavy atom. The van der Waals surface area contributed by atoms with Crippen molar-refractivity contribution in [1.82, 2.24) is 10.2 Å². The fourth-order valence-corrected chi connectivity index (χ4v) is 3.08. The van der Waals surface area contributed by atoms with E-state index in [2.05, 4.69) is 27.7 Å². The lowest BCUT2D eigenvalue weighted by molar-refractivity contribution is 0.0342. The summed E-state index contributed by atoms with van der Waals surface area (Å²) in [6.07, 6.45) is 0. The van der Waals surface area contributed by atoms with Crippen LogP contribution in [0.4, 0.5) is 5.69 Å². The predicted octanol–water partition coefficient (Wildman–Crippen LogP) is 2.95. The molecular formula is C20H23N3O2S. The van der Waals surface area contributed by atoms with Gasteiger partial charge in [0.05, 0.1) is 13.2 Å². The Balaban J connectivity index is 1.52. The number of rotatable bonds is 4. The molecule has 26 heavy (non-hydrogen) atoms. The van der Waals surface area contributed by atoms with Gasteiger partial charge < -0.3 is 10.1 Å². The number of carbonyl (C=O) groups excluding carboxylic acids is 1. The maximum atomic E-state index is 12.3. The van der Waals surface area contributed by atoms with Crippen molar-refractivity contribution in [2.45, 2.75) is 13.5 Å². The van der Waals surface area contributed by atoms with Crippen LogP contribution in [0.2, 0.25) is 0 Å². The van der Waals surface area contributed by atoms with Crippen LogP contribution in [0, 0.1) is 6.92 Å². The Kier molecular flexibility index (Phi) is 6.33. The second-order valence-corrected chi connectivity index (χ2v) is 6.72. The van der Waals surface area contributed by atoms with Crippen LogP contribution in [0.5, 0.6) is 0 Å². The van der Waals surface area contributed by atoms with E-state index in [4.69, 9.17) is 17.0 Å². The van der Waals surface area contributed by atoms with Crippen LogP contribution in [-0.2, 0) is 11.3 Å². The van der Waals surface area contributed by atoms with Crippen LogP contribution >= 0.6 is 12.2 Å². The van der Waals surface area contributed by atoms with E-state index >= 15 is 0 Å². The number of hydrogen-bond donors (Lipinski definition) is 2. The molecule has 1 aliphatic rings. The van der Waals surface area contributed by atoms with Crippen molar-refractivity contribution in [1.29, 1.82) is 0 Å². The van der Waals surface area contributed by atoms with Crippen molar-refractivity contribution in [2.75, 3.05) is 31.6 Å². The van der Waals surface area contributed by atoms with Gasteiger partial charge in [-0.2, -0.15) is 0 Å². The van der Waals surface area contributed by atoms with Crippen LogP contribution in [0.3, 0.4) is 0 Å². The van der Waals surface area contributed by atoms with Gasteiger partial charge in [-0.05, 0) is 48.5 Å². The molecule has 1 amide bonds. The van der Waals surface area contributed by atoms with Crippen LogP contribution in [-0.4, -0.2) is 42.2 Å². The number of thiocarbonyl (C=S) groups is 1. The van der Waals surface area contributed by atoms with Gasteiger partial charge in [0, 0.05) is 30.9 Å². The molecule has 2 aromatic rings. The zero-order valence-electron chi connectivity index (χ0n) is 14.8. The molecule has 5 nitrogen and oxygen atoms in total. The largest absolute Gasteiger partial charge is 0.379 e. The molecule has 0 aliphatic carbocycles. The van der Waals surface area contributed by atoms with Gasteiger partial charge in [0.2, 0.25) is 0 Å². The highest BCUT2D eigenvalue weighted by molar-refractivity contribution is 7.80. The molecule has 1 saturated heterocycles. The van der Waals surface area contributed by atoms with Crippen LogP contribution in [0.15, 0.2) is 48.5 Å². The molecule has 0 spiro atoms. The summed E-state index contributed by atoms with van der Waals surface area (Å²) in [6.45, 7) is 6.35. The first kappa shape index (κ1) is 18.5. The highest BCUT2D eigenvalue weighted by atomic mass is 32.1. The van der Waals surface area contributed by atoms with Crippen molar-refractivity contribution in [3.8, 4) is 0 Å². The molecule has 3 rings (SSSR count). The molecule has 1 fully saturated rings. The van der Waals surface area contributed by atoms with Crippen molar-refractivity contribution >= 4 is 28.9 Å². The second-order valence-electron chi connectivity index (χ2n) is 6.31. The fourth-order valence-electron chi connectivity index (χ4n) is 2.87. The number of nitrogens with zero attached hydrogens (tertiary/aromatic N) is 1. The summed E-state index contributed by atoms with van der Waals surface area (Å²) in [6, 6.07) is 15.5. The van der Waals surface area contributed by atoms with Gasteiger partial charge in [0.25, 0.3) is 5.91 Å². The number of morpholine rings is 1. The highest BCUT2D eigenvalue weighted by Crippen LogP contribution is 2.13. The molecule has 0 bridgehead atoms. The lowest BCUT2D eigenvalue weighted by atomic mass is 10.1. The van der Waals surface area contributed by atoms with Gasteiger partial charge in [0.1, 0.15) is 0 Å². The van der Waals surface area contributed by atoms with E-state index in [1.807, 2.05) is 37.3 Å². The molecular weight excluding hydrogens is 346 g/mol. The molecule has 1 heterocycles. The first-order valence-electron chi connectivity index (χ1n) is 8.69. The lowest BCUT2D eigenvalue weighted by Gasteiger charge is -2.26. The van der Waals surface area contributed by atoms with Gasteiger partial charge in [-0.3, -0.25) is 15.0 Å². The summed E-state index contributed by atoms with van der Waals surface area (Å²) in [5.41, 5.74) is 3.64. The minimum Gasteiger partial charge on any atom is -0.379 e. The SMILES string of the molecule is Cc1ccccc1C(=O)NC(=S)Nc1ccc(CN2CCOCC2)cc1. The summed E-state index contributed by atoms with van der Waals surface area (Å²) >= 11 is 5.25. The number of carbonyl (C=O) groups is 1. The third kappa shape index (κ3) is 5.11. The average Bonchev–Trinajstić information content (AvgIpc) is 2.64. The van der Waals surface area contributed by atoms with E-state index in [9.17, 15) is 4.79 Å². The minimum absolute atomic E-state index is 0.204. The number of nitrogens with one attached hydrogen (secondary N) is 2. The van der Waals surface area contributed by atoms with Gasteiger partial charge in [-0.15, -0.1) is 0 Å². The summed E-state index contributed by atoms with van der Waals surface area (Å²) in [5.74, 6) is -0.204. The molecule has 2 aromatic carbocycles. The van der Waals surface area contributed by atoms with E-state index in [1.165, 1.54) is 5.56 Å². The monoisotopic (exact) mass is 369 g/mol. The van der Waals surface area contributed by atoms with E-state index in [1.54, 1.807) is 6.07 Å². The first-order valence-corrected chi connectivity index (χ1v) is 9.09. The number of hydrogen-bond acceptors (Lipinski definition) is 4. The summed E-state index contributed by atoms with van der Waals surface area (Å²) < 4.78 is 5.37. The lowest BCUT2D eigenvalue weighted by Crippen LogP contribution is -2.35. The highest BCUT2D eigenvalue weighted by Gasteiger charge is 2.12. The average molecular weight is 369 g/mol. The second kappa shape index (κ2) is 8.89. The maximum Gasteiger partial charge on any atom is 0.257 e. The van der Waals surface area contributed by atoms with Crippen molar-refractivity contribution in [2.24, 2.45) is 0 Å². The predicted molar refractivity (Wildman–Crippen MR) is 107 cm³/mol. The van der Waals surface area contributed by atoms with E-state index in [-0.39, 0.29) is 5.91 Å². The number of aryl methyl sites for hydroxylation is 1. The summed E-state index contributed by atoms with van der Waals surface area (Å²) in [4.78, 5) is 14.7. The Morgan fingerprint density at radius 3 is 2.50 bits per heavy atom. The maximum absolute atomic E-state index is 12.3. The molecule has 0 radical (unpaired) electrons. The number of anilines is 1. The first-order chi connectivity index (χ1) is 12.6. The fraction of sp³-hybridized carbons (Fsp3) is 0.300. The molecule has 0 atom stereocenters. The smallest absolute Gasteiger partial charge is 0.257 e. The van der Waals surface area contributed by atoms with Crippen molar-refractivity contribution in [3.05, 3.63) is 65.2 Å². The summed E-state index contributed by atoms with van der Waals surface area (Å²) in [5, 5.41) is 6.07. The van der Waals surface area contributed by atoms with Crippen molar-refractivity contribution in [3.63, 3.8) is 0 Å². The van der Waals surface area contributed by atoms with Crippen LogP contribution in [0.25, 0.3) is 0 Å². The van der Waals surface area contributed by atoms with E-state index < -0.39 is 0 Å². The quantitative estimate of drug-likeness (QED) is 0.812. The standard InChI is InChI=1S/C20H23N3O2S/c1-15-4-2-3-5-18(15)19(24)22-20(26)21-17-8-6-16(7-9-17)14-23-10-12-25-13-11-23/h2-9H,10-14H2,1H3,(H2,21,22,24,26). The summed E-state index contributed by atoms with van der Waals surface area (Å²) in [7, 11) is 0. The molecule has 2 N–H and O–H groups in total. The number of ether oxygens (including phenoxy) is 1. The van der Waals surface area contributed by atoms with Gasteiger partial charge in [-0.25, -0.2) is 0 Å². The zero-order valence-corrected chi connectivity index (χ0v) is 15.6. The molecule has 6 heteroatoms. The van der Waals surface area contributed by atoms with E-state index in [0.717, 1.165) is 44.1 Å². The third-order valence-corrected chi connectivity index (χ3v) is 4.54. The molecule has 0 saturated carbocycles. The number of benzene rings is 2. The Hall–Kier alpha value is -2.28.